The van der Waals surface area contributed by atoms with E-state index in [0.29, 0.717) is 24.5 Å². The van der Waals surface area contributed by atoms with E-state index in [2.05, 4.69) is 15.3 Å². The molecule has 1 heterocycles. The number of benzene rings is 1. The highest BCUT2D eigenvalue weighted by Crippen LogP contribution is 2.16. The first kappa shape index (κ1) is 13.9. The summed E-state index contributed by atoms with van der Waals surface area (Å²) in [7, 11) is 0. The van der Waals surface area contributed by atoms with Crippen molar-refractivity contribution in [1.29, 1.82) is 0 Å². The minimum Gasteiger partial charge on any atom is -0.427 e. The van der Waals surface area contributed by atoms with Crippen LogP contribution >= 0.6 is 0 Å². The summed E-state index contributed by atoms with van der Waals surface area (Å²) < 4.78 is 5.18. The molecule has 6 nitrogen and oxygen atoms in total. The Labute approximate surface area is 116 Å². The van der Waals surface area contributed by atoms with Gasteiger partial charge in [-0.1, -0.05) is 0 Å². The van der Waals surface area contributed by atoms with Crippen LogP contribution in [0, 0.1) is 0 Å². The van der Waals surface area contributed by atoms with Gasteiger partial charge in [0.1, 0.15) is 12.4 Å². The molecule has 0 atom stereocenters. The van der Waals surface area contributed by atoms with Gasteiger partial charge in [0.2, 0.25) is 5.91 Å². The third-order valence-corrected chi connectivity index (χ3v) is 2.59. The molecule has 0 saturated heterocycles. The smallest absolute Gasteiger partial charge is 0.311 e. The molecular weight excluding hydrogens is 258 g/mol. The predicted molar refractivity (Wildman–Crippen MR) is 76.4 cm³/mol. The Balaban J connectivity index is 1.81. The number of anilines is 1. The fraction of sp³-hybridized carbons (Fsp3) is 0.286. The second-order valence-electron chi connectivity index (χ2n) is 4.28. The zero-order chi connectivity index (χ0) is 14.4. The third kappa shape index (κ3) is 4.31. The second-order valence-corrected chi connectivity index (χ2v) is 4.28. The van der Waals surface area contributed by atoms with Crippen LogP contribution in [0.1, 0.15) is 19.8 Å². The number of aliphatic imine (C=N–C) groups is 2. The lowest BCUT2D eigenvalue weighted by molar-refractivity contribution is -0.134. The van der Waals surface area contributed by atoms with E-state index in [1.165, 1.54) is 6.92 Å². The molecule has 0 unspecified atom stereocenters. The molecule has 6 heteroatoms. The molecule has 1 amide bonds. The van der Waals surface area contributed by atoms with Gasteiger partial charge in [-0.05, 0) is 24.3 Å². The van der Waals surface area contributed by atoms with Gasteiger partial charge < -0.3 is 10.1 Å². The number of hydrogen-bond acceptors (Lipinski definition) is 5. The van der Waals surface area contributed by atoms with E-state index >= 15 is 0 Å². The van der Waals surface area contributed by atoms with Gasteiger partial charge in [0.05, 0.1) is 12.1 Å². The summed E-state index contributed by atoms with van der Waals surface area (Å²) in [5.74, 6) is -0.0137. The Bertz CT molecular complexity index is 562. The Morgan fingerprint density at radius 1 is 1.30 bits per heavy atom. The van der Waals surface area contributed by atoms with Crippen LogP contribution in [0.3, 0.4) is 0 Å². The van der Waals surface area contributed by atoms with Crippen LogP contribution < -0.4 is 10.1 Å². The first-order chi connectivity index (χ1) is 9.63. The minimum absolute atomic E-state index is 0.145. The average Bonchev–Trinajstić information content (AvgIpc) is 2.91. The molecular formula is C14H15N3O3. The van der Waals surface area contributed by atoms with Gasteiger partial charge in [-0.3, -0.25) is 19.6 Å². The minimum atomic E-state index is -0.319. The molecule has 0 saturated carbocycles. The van der Waals surface area contributed by atoms with Crippen LogP contribution in [0.4, 0.5) is 5.69 Å². The number of carbonyl (C=O) groups is 2. The molecule has 0 aromatic heterocycles. The van der Waals surface area contributed by atoms with E-state index < -0.39 is 0 Å². The molecule has 20 heavy (non-hydrogen) atoms. The van der Waals surface area contributed by atoms with E-state index in [9.17, 15) is 9.59 Å². The number of rotatable bonds is 5. The Morgan fingerprint density at radius 3 is 2.65 bits per heavy atom. The summed E-state index contributed by atoms with van der Waals surface area (Å²) in [4.78, 5) is 30.6. The monoisotopic (exact) mass is 273 g/mol. The van der Waals surface area contributed by atoms with Gasteiger partial charge in [-0.2, -0.15) is 0 Å². The van der Waals surface area contributed by atoms with Crippen molar-refractivity contribution in [3.8, 4) is 5.75 Å². The average molecular weight is 273 g/mol. The Kier molecular flexibility index (Phi) is 4.60. The number of nitrogens with zero attached hydrogens (tertiary/aromatic N) is 2. The molecule has 0 aliphatic carbocycles. The lowest BCUT2D eigenvalue weighted by atomic mass is 10.2. The molecule has 1 aromatic carbocycles. The number of hydrogen-bond donors (Lipinski definition) is 1. The van der Waals surface area contributed by atoms with Crippen molar-refractivity contribution >= 4 is 29.5 Å². The quantitative estimate of drug-likeness (QED) is 0.656. The van der Waals surface area contributed by atoms with Crippen LogP contribution in [0.15, 0.2) is 34.3 Å². The van der Waals surface area contributed by atoms with Gasteiger partial charge in [-0.15, -0.1) is 0 Å². The number of ether oxygens (including phenoxy) is 1. The number of esters is 1. The molecule has 0 spiro atoms. The maximum atomic E-state index is 11.6. The van der Waals surface area contributed by atoms with E-state index in [0.717, 1.165) is 5.71 Å². The fourth-order valence-corrected chi connectivity index (χ4v) is 1.68. The maximum absolute atomic E-state index is 11.6. The first-order valence-electron chi connectivity index (χ1n) is 6.25. The molecule has 1 N–H and O–H groups in total. The molecule has 1 aliphatic rings. The summed E-state index contributed by atoms with van der Waals surface area (Å²) in [6.07, 6.45) is 2.47. The zero-order valence-electron chi connectivity index (χ0n) is 11.1. The van der Waals surface area contributed by atoms with Crippen molar-refractivity contribution in [2.75, 3.05) is 12.0 Å². The highest BCUT2D eigenvalue weighted by molar-refractivity contribution is 6.31. The lowest BCUT2D eigenvalue weighted by Gasteiger charge is -2.05. The summed E-state index contributed by atoms with van der Waals surface area (Å²) >= 11 is 0. The van der Waals surface area contributed by atoms with Gasteiger partial charge in [-0.25, -0.2) is 0 Å². The van der Waals surface area contributed by atoms with E-state index in [4.69, 9.17) is 4.74 Å². The van der Waals surface area contributed by atoms with Crippen LogP contribution in [0.2, 0.25) is 0 Å². The van der Waals surface area contributed by atoms with Crippen LogP contribution in [-0.4, -0.2) is 30.5 Å². The summed E-state index contributed by atoms with van der Waals surface area (Å²) in [6, 6.07) is 6.63. The van der Waals surface area contributed by atoms with Crippen molar-refractivity contribution in [3.63, 3.8) is 0 Å². The zero-order valence-corrected chi connectivity index (χ0v) is 11.1. The molecule has 0 bridgehead atoms. The van der Waals surface area contributed by atoms with Crippen LogP contribution in [0.5, 0.6) is 5.75 Å². The summed E-state index contributed by atoms with van der Waals surface area (Å²) in [6.45, 7) is 1.89. The molecule has 0 radical (unpaired) electrons. The van der Waals surface area contributed by atoms with Crippen molar-refractivity contribution < 1.29 is 14.3 Å². The number of nitrogens with one attached hydrogen (secondary N) is 1. The van der Waals surface area contributed by atoms with Crippen LogP contribution in [-0.2, 0) is 9.59 Å². The molecule has 1 aromatic rings. The lowest BCUT2D eigenvalue weighted by Crippen LogP contribution is -2.10. The predicted octanol–water partition coefficient (Wildman–Crippen LogP) is 1.81. The Morgan fingerprint density at radius 2 is 2.05 bits per heavy atom. The van der Waals surface area contributed by atoms with Crippen molar-refractivity contribution in [3.05, 3.63) is 24.3 Å². The molecule has 1 aliphatic heterocycles. The highest BCUT2D eigenvalue weighted by atomic mass is 16.5. The standard InChI is InChI=1S/C14H15N3O3/c1-10(18)17-11-2-5-13(6-3-11)20-14(19)7-4-12-8-15-9-16-12/h2-3,5-6,8H,4,7,9H2,1H3,(H,17,18). The molecule has 0 fully saturated rings. The van der Waals surface area contributed by atoms with E-state index in [-0.39, 0.29) is 18.3 Å². The van der Waals surface area contributed by atoms with E-state index in [1.807, 2.05) is 0 Å². The SMILES string of the molecule is CC(=O)Nc1ccc(OC(=O)CCC2=NCN=C2)cc1. The summed E-state index contributed by atoms with van der Waals surface area (Å²) in [5, 5.41) is 2.64. The largest absolute Gasteiger partial charge is 0.427 e. The van der Waals surface area contributed by atoms with Crippen LogP contribution in [0.25, 0.3) is 0 Å². The third-order valence-electron chi connectivity index (χ3n) is 2.59. The second kappa shape index (κ2) is 6.60. The van der Waals surface area contributed by atoms with Crippen molar-refractivity contribution in [2.24, 2.45) is 9.98 Å². The van der Waals surface area contributed by atoms with Gasteiger partial charge >= 0.3 is 5.97 Å². The topological polar surface area (TPSA) is 80.1 Å². The normalized spacial score (nSPS) is 12.9. The van der Waals surface area contributed by atoms with Gasteiger partial charge in [0.15, 0.2) is 0 Å². The molecule has 104 valence electrons. The summed E-state index contributed by atoms with van der Waals surface area (Å²) in [5.41, 5.74) is 1.48. The van der Waals surface area contributed by atoms with Crippen molar-refractivity contribution in [1.82, 2.24) is 0 Å². The fourth-order valence-electron chi connectivity index (χ4n) is 1.68. The number of amides is 1. The molecule has 2 rings (SSSR count). The number of carbonyl (C=O) groups excluding carboxylic acids is 2. The van der Waals surface area contributed by atoms with Crippen molar-refractivity contribution in [2.45, 2.75) is 19.8 Å². The van der Waals surface area contributed by atoms with Gasteiger partial charge in [0, 0.05) is 25.2 Å². The highest BCUT2D eigenvalue weighted by Gasteiger charge is 2.08. The van der Waals surface area contributed by atoms with E-state index in [1.54, 1.807) is 30.5 Å². The first-order valence-corrected chi connectivity index (χ1v) is 6.25. The Hall–Kier alpha value is -2.50. The maximum Gasteiger partial charge on any atom is 0.311 e. The van der Waals surface area contributed by atoms with Gasteiger partial charge in [0.25, 0.3) is 0 Å².